The Morgan fingerprint density at radius 1 is 1.15 bits per heavy atom. The molecule has 0 saturated carbocycles. The number of aromatic nitrogens is 4. The van der Waals surface area contributed by atoms with Gasteiger partial charge >= 0.3 is 6.18 Å². The number of amides is 1. The van der Waals surface area contributed by atoms with E-state index in [9.17, 15) is 18.0 Å². The van der Waals surface area contributed by atoms with Gasteiger partial charge in [0.15, 0.2) is 5.82 Å². The molecule has 0 spiro atoms. The molecular weight excluding hydrogens is 427 g/mol. The Morgan fingerprint density at radius 3 is 2.70 bits per heavy atom. The van der Waals surface area contributed by atoms with Crippen LogP contribution in [0.5, 0.6) is 0 Å². The molecule has 3 heterocycles. The number of hydrogen-bond acceptors (Lipinski definition) is 4. The molecule has 10 heteroatoms. The van der Waals surface area contributed by atoms with Gasteiger partial charge in [0.2, 0.25) is 0 Å². The lowest BCUT2D eigenvalue weighted by atomic mass is 10.1. The molecule has 1 amide bonds. The normalized spacial score (nSPS) is 14.0. The molecule has 1 aromatic carbocycles. The number of nitrogens with one attached hydrogen (secondary N) is 1. The van der Waals surface area contributed by atoms with Crippen LogP contribution in [0.3, 0.4) is 0 Å². The molecule has 0 aliphatic carbocycles. The summed E-state index contributed by atoms with van der Waals surface area (Å²) >= 11 is 3.25. The van der Waals surface area contributed by atoms with Crippen LogP contribution in [-0.4, -0.2) is 32.2 Å². The van der Waals surface area contributed by atoms with Crippen molar-refractivity contribution in [2.75, 3.05) is 6.54 Å². The van der Waals surface area contributed by atoms with Gasteiger partial charge in [-0.2, -0.15) is 18.3 Å². The summed E-state index contributed by atoms with van der Waals surface area (Å²) in [5, 5.41) is 7.08. The van der Waals surface area contributed by atoms with E-state index >= 15 is 0 Å². The van der Waals surface area contributed by atoms with Gasteiger partial charge in [-0.3, -0.25) is 9.48 Å². The van der Waals surface area contributed by atoms with Crippen molar-refractivity contribution in [1.82, 2.24) is 25.1 Å². The summed E-state index contributed by atoms with van der Waals surface area (Å²) in [5.41, 5.74) is 0.710. The molecule has 3 aromatic rings. The molecule has 0 bridgehead atoms. The number of rotatable bonds is 2. The van der Waals surface area contributed by atoms with Crippen LogP contribution in [0.2, 0.25) is 0 Å². The summed E-state index contributed by atoms with van der Waals surface area (Å²) in [6.45, 7) is 1.03. The minimum absolute atomic E-state index is 0.126. The lowest BCUT2D eigenvalue weighted by Crippen LogP contribution is -2.35. The largest absolute Gasteiger partial charge is 0.416 e. The fraction of sp³-hybridized carbons (Fsp3) is 0.176. The number of fused-ring (bicyclic) bond motifs is 1. The van der Waals surface area contributed by atoms with E-state index < -0.39 is 11.7 Å². The summed E-state index contributed by atoms with van der Waals surface area (Å²) in [6, 6.07) is 6.49. The standard InChI is InChI=1S/C17H11BrF3N5O/c18-11-2-1-9(17(19,20)21)7-10(11)15-22-4-3-12(24-15)13-8-14-16(27)23-5-6-26(14)25-13/h1-4,7-8H,5-6H2,(H,23,27). The van der Waals surface area contributed by atoms with Crippen molar-refractivity contribution in [2.45, 2.75) is 12.7 Å². The van der Waals surface area contributed by atoms with Gasteiger partial charge in [0, 0.05) is 22.8 Å². The van der Waals surface area contributed by atoms with E-state index in [-0.39, 0.29) is 17.3 Å². The van der Waals surface area contributed by atoms with E-state index in [2.05, 4.69) is 36.3 Å². The Balaban J connectivity index is 1.77. The summed E-state index contributed by atoms with van der Waals surface area (Å²) in [4.78, 5) is 20.3. The molecule has 1 aliphatic heterocycles. The number of alkyl halides is 3. The maximum absolute atomic E-state index is 13.0. The van der Waals surface area contributed by atoms with Crippen LogP contribution in [-0.2, 0) is 12.7 Å². The van der Waals surface area contributed by atoms with E-state index in [0.717, 1.165) is 12.1 Å². The highest BCUT2D eigenvalue weighted by atomic mass is 79.9. The van der Waals surface area contributed by atoms with Gasteiger partial charge in [-0.05, 0) is 30.3 Å². The van der Waals surface area contributed by atoms with Crippen molar-refractivity contribution < 1.29 is 18.0 Å². The van der Waals surface area contributed by atoms with Crippen molar-refractivity contribution >= 4 is 21.8 Å². The monoisotopic (exact) mass is 437 g/mol. The average Bonchev–Trinajstić information content (AvgIpc) is 3.07. The number of carbonyl (C=O) groups is 1. The fourth-order valence-electron chi connectivity index (χ4n) is 2.77. The number of carbonyl (C=O) groups excluding carboxylic acids is 1. The predicted molar refractivity (Wildman–Crippen MR) is 93.7 cm³/mol. The maximum atomic E-state index is 13.0. The van der Waals surface area contributed by atoms with Crippen LogP contribution in [0.15, 0.2) is 41.0 Å². The predicted octanol–water partition coefficient (Wildman–Crippen LogP) is 3.53. The van der Waals surface area contributed by atoms with E-state index in [1.807, 2.05) is 0 Å². The van der Waals surface area contributed by atoms with E-state index in [1.54, 1.807) is 16.8 Å². The summed E-state index contributed by atoms with van der Waals surface area (Å²) in [7, 11) is 0. The van der Waals surface area contributed by atoms with Crippen molar-refractivity contribution in [1.29, 1.82) is 0 Å². The Bertz CT molecular complexity index is 1050. The molecule has 138 valence electrons. The molecule has 6 nitrogen and oxygen atoms in total. The number of benzene rings is 1. The molecular formula is C17H11BrF3N5O. The molecule has 0 fully saturated rings. The van der Waals surface area contributed by atoms with Crippen LogP contribution in [0.25, 0.3) is 22.8 Å². The molecule has 4 rings (SSSR count). The van der Waals surface area contributed by atoms with Crippen LogP contribution in [0.4, 0.5) is 13.2 Å². The molecule has 0 saturated heterocycles. The number of hydrogen-bond donors (Lipinski definition) is 1. The minimum atomic E-state index is -4.47. The molecule has 27 heavy (non-hydrogen) atoms. The zero-order chi connectivity index (χ0) is 19.2. The number of halogens is 4. The minimum Gasteiger partial charge on any atom is -0.349 e. The average molecular weight is 438 g/mol. The van der Waals surface area contributed by atoms with Crippen LogP contribution >= 0.6 is 15.9 Å². The molecule has 1 aliphatic rings. The van der Waals surface area contributed by atoms with Crippen molar-refractivity contribution in [3.63, 3.8) is 0 Å². The first-order chi connectivity index (χ1) is 12.8. The van der Waals surface area contributed by atoms with Gasteiger partial charge in [-0.25, -0.2) is 9.97 Å². The Hall–Kier alpha value is -2.75. The van der Waals surface area contributed by atoms with Crippen LogP contribution in [0.1, 0.15) is 16.1 Å². The quantitative estimate of drug-likeness (QED) is 0.665. The fourth-order valence-corrected chi connectivity index (χ4v) is 3.19. The summed E-state index contributed by atoms with van der Waals surface area (Å²) < 4.78 is 41.1. The zero-order valence-corrected chi connectivity index (χ0v) is 15.2. The Labute approximate surface area is 159 Å². The third kappa shape index (κ3) is 3.32. The van der Waals surface area contributed by atoms with Gasteiger partial charge < -0.3 is 5.32 Å². The van der Waals surface area contributed by atoms with Crippen molar-refractivity contribution in [2.24, 2.45) is 0 Å². The third-order valence-electron chi connectivity index (χ3n) is 4.07. The highest BCUT2D eigenvalue weighted by Crippen LogP contribution is 2.35. The lowest BCUT2D eigenvalue weighted by Gasteiger charge is -2.13. The van der Waals surface area contributed by atoms with Gasteiger partial charge in [-0.15, -0.1) is 0 Å². The molecule has 0 unspecified atom stereocenters. The summed E-state index contributed by atoms with van der Waals surface area (Å²) in [6.07, 6.45) is -3.02. The topological polar surface area (TPSA) is 72.7 Å². The third-order valence-corrected chi connectivity index (χ3v) is 4.77. The van der Waals surface area contributed by atoms with Gasteiger partial charge in [0.25, 0.3) is 5.91 Å². The highest BCUT2D eigenvalue weighted by Gasteiger charge is 2.31. The van der Waals surface area contributed by atoms with Crippen LogP contribution in [0, 0.1) is 0 Å². The Morgan fingerprint density at radius 2 is 1.96 bits per heavy atom. The van der Waals surface area contributed by atoms with Crippen molar-refractivity contribution in [3.05, 3.63) is 52.3 Å². The lowest BCUT2D eigenvalue weighted by molar-refractivity contribution is -0.137. The first kappa shape index (κ1) is 17.7. The SMILES string of the molecule is O=C1NCCn2nc(-c3ccnc(-c4cc(C(F)(F)F)ccc4Br)n3)cc21. The van der Waals surface area contributed by atoms with E-state index in [1.165, 1.54) is 12.3 Å². The van der Waals surface area contributed by atoms with Gasteiger partial charge in [-0.1, -0.05) is 15.9 Å². The second-order valence-electron chi connectivity index (χ2n) is 5.85. The molecule has 1 N–H and O–H groups in total. The zero-order valence-electron chi connectivity index (χ0n) is 13.6. The first-order valence-electron chi connectivity index (χ1n) is 7.89. The van der Waals surface area contributed by atoms with E-state index in [0.29, 0.717) is 34.6 Å². The number of nitrogens with zero attached hydrogens (tertiary/aromatic N) is 4. The second kappa shape index (κ2) is 6.45. The smallest absolute Gasteiger partial charge is 0.349 e. The first-order valence-corrected chi connectivity index (χ1v) is 8.69. The van der Waals surface area contributed by atoms with Crippen LogP contribution < -0.4 is 5.32 Å². The highest BCUT2D eigenvalue weighted by molar-refractivity contribution is 9.10. The summed E-state index contributed by atoms with van der Waals surface area (Å²) in [5.74, 6) is -0.101. The van der Waals surface area contributed by atoms with Gasteiger partial charge in [0.1, 0.15) is 11.4 Å². The molecule has 0 atom stereocenters. The molecule has 2 aromatic heterocycles. The molecule has 0 radical (unpaired) electrons. The van der Waals surface area contributed by atoms with E-state index in [4.69, 9.17) is 0 Å². The maximum Gasteiger partial charge on any atom is 0.416 e. The van der Waals surface area contributed by atoms with Gasteiger partial charge in [0.05, 0.1) is 17.8 Å². The Kier molecular flexibility index (Phi) is 4.22. The second-order valence-corrected chi connectivity index (χ2v) is 6.71. The van der Waals surface area contributed by atoms with Crippen molar-refractivity contribution in [3.8, 4) is 22.8 Å².